The molecule has 1 fully saturated rings. The maximum atomic E-state index is 13.0. The number of hydrogen-bond acceptors (Lipinski definition) is 7. The number of nitrogens with zero attached hydrogens (tertiary/aromatic N) is 2. The number of piperidine rings is 1. The maximum Gasteiger partial charge on any atom is 0.338 e. The fourth-order valence-corrected chi connectivity index (χ4v) is 5.40. The van der Waals surface area contributed by atoms with Crippen LogP contribution >= 0.6 is 0 Å². The van der Waals surface area contributed by atoms with Crippen LogP contribution in [0.15, 0.2) is 35.2 Å². The van der Waals surface area contributed by atoms with E-state index in [0.717, 1.165) is 11.4 Å². The molecule has 0 saturated carbocycles. The molecule has 0 unspecified atom stereocenters. The highest BCUT2D eigenvalue weighted by Gasteiger charge is 2.33. The Balaban J connectivity index is 1.54. The number of carbonyl (C=O) groups excluding carboxylic acids is 3. The third-order valence-corrected chi connectivity index (χ3v) is 8.12. The first-order chi connectivity index (χ1) is 16.1. The molecule has 2 aromatic rings. The van der Waals surface area contributed by atoms with Gasteiger partial charge in [0.25, 0.3) is 0 Å². The zero-order valence-corrected chi connectivity index (χ0v) is 20.7. The zero-order chi connectivity index (χ0) is 25.0. The van der Waals surface area contributed by atoms with Crippen LogP contribution in [0.3, 0.4) is 0 Å². The van der Waals surface area contributed by atoms with Crippen molar-refractivity contribution in [3.8, 4) is 0 Å². The Labute approximate surface area is 199 Å². The van der Waals surface area contributed by atoms with Gasteiger partial charge < -0.3 is 14.0 Å². The normalized spacial score (nSPS) is 15.2. The summed E-state index contributed by atoms with van der Waals surface area (Å²) >= 11 is 0. The van der Waals surface area contributed by atoms with Crippen molar-refractivity contribution < 1.29 is 32.3 Å². The van der Waals surface area contributed by atoms with Crippen LogP contribution in [0.2, 0.25) is 0 Å². The van der Waals surface area contributed by atoms with Crippen LogP contribution < -0.4 is 0 Å². The summed E-state index contributed by atoms with van der Waals surface area (Å²) in [6.45, 7) is 5.64. The fourth-order valence-electron chi connectivity index (χ4n) is 3.93. The zero-order valence-electron chi connectivity index (χ0n) is 19.9. The molecule has 1 aliphatic heterocycles. The van der Waals surface area contributed by atoms with Crippen molar-refractivity contribution in [1.29, 1.82) is 0 Å². The van der Waals surface area contributed by atoms with Gasteiger partial charge in [-0.05, 0) is 63.9 Å². The molecular weight excluding hydrogens is 460 g/mol. The van der Waals surface area contributed by atoms with E-state index in [1.54, 1.807) is 13.0 Å². The van der Waals surface area contributed by atoms with Gasteiger partial charge in [0.05, 0.1) is 23.0 Å². The Morgan fingerprint density at radius 3 is 2.18 bits per heavy atom. The van der Waals surface area contributed by atoms with Gasteiger partial charge >= 0.3 is 11.9 Å². The van der Waals surface area contributed by atoms with Crippen LogP contribution in [0.5, 0.6) is 0 Å². The monoisotopic (exact) mass is 490 g/mol. The molecule has 0 N–H and O–H groups in total. The van der Waals surface area contributed by atoms with E-state index in [-0.39, 0.29) is 42.5 Å². The Bertz CT molecular complexity index is 1170. The van der Waals surface area contributed by atoms with Gasteiger partial charge in [0.2, 0.25) is 15.8 Å². The Morgan fingerprint density at radius 1 is 1.03 bits per heavy atom. The number of ether oxygens (including phenoxy) is 2. The van der Waals surface area contributed by atoms with E-state index >= 15 is 0 Å². The minimum Gasteiger partial charge on any atom is -0.462 e. The lowest BCUT2D eigenvalue weighted by Crippen LogP contribution is -2.40. The smallest absolute Gasteiger partial charge is 0.338 e. The molecule has 3 rings (SSSR count). The number of aromatic nitrogens is 1. The Kier molecular flexibility index (Phi) is 7.93. The van der Waals surface area contributed by atoms with E-state index in [2.05, 4.69) is 0 Å². The molecule has 1 saturated heterocycles. The van der Waals surface area contributed by atoms with Gasteiger partial charge in [0, 0.05) is 37.1 Å². The summed E-state index contributed by atoms with van der Waals surface area (Å²) in [5.74, 6) is -1.74. The molecule has 184 valence electrons. The summed E-state index contributed by atoms with van der Waals surface area (Å²) in [6.07, 6.45) is 0.604. The number of Topliss-reactive ketones (excluding diaryl/α,β-unsaturated/α-hetero) is 1. The van der Waals surface area contributed by atoms with Crippen molar-refractivity contribution in [2.24, 2.45) is 13.0 Å². The SMILES string of the molecule is CCOC(=O)c1ccc(S(=O)(=O)N2CCC(C(=O)OCC(=O)c3cc(C)n(C)c3C)CC2)cc1. The largest absolute Gasteiger partial charge is 0.462 e. The first-order valence-corrected chi connectivity index (χ1v) is 12.6. The molecule has 0 aliphatic carbocycles. The summed E-state index contributed by atoms with van der Waals surface area (Å²) < 4.78 is 39.3. The number of ketones is 1. The van der Waals surface area contributed by atoms with Gasteiger partial charge in [-0.1, -0.05) is 0 Å². The van der Waals surface area contributed by atoms with Gasteiger partial charge in [0.15, 0.2) is 6.61 Å². The van der Waals surface area contributed by atoms with Gasteiger partial charge in [-0.25, -0.2) is 13.2 Å². The van der Waals surface area contributed by atoms with Crippen molar-refractivity contribution in [2.45, 2.75) is 38.5 Å². The number of aryl methyl sites for hydroxylation is 1. The predicted molar refractivity (Wildman–Crippen MR) is 124 cm³/mol. The van der Waals surface area contributed by atoms with Crippen LogP contribution in [0.4, 0.5) is 0 Å². The number of carbonyl (C=O) groups is 3. The molecule has 2 heterocycles. The minimum atomic E-state index is -3.76. The van der Waals surface area contributed by atoms with Crippen molar-refractivity contribution in [3.05, 3.63) is 52.8 Å². The van der Waals surface area contributed by atoms with E-state index in [4.69, 9.17) is 9.47 Å². The van der Waals surface area contributed by atoms with Gasteiger partial charge in [-0.15, -0.1) is 0 Å². The number of sulfonamides is 1. The van der Waals surface area contributed by atoms with E-state index in [0.29, 0.717) is 18.4 Å². The van der Waals surface area contributed by atoms with Crippen LogP contribution in [0.25, 0.3) is 0 Å². The maximum absolute atomic E-state index is 13.0. The topological polar surface area (TPSA) is 112 Å². The number of rotatable bonds is 8. The third kappa shape index (κ3) is 5.39. The standard InChI is InChI=1S/C24H30N2O7S/c1-5-32-23(28)18-6-8-20(9-7-18)34(30,31)26-12-10-19(11-13-26)24(29)33-15-22(27)21-14-16(2)25(4)17(21)3/h6-9,14,19H,5,10-13,15H2,1-4H3. The van der Waals surface area contributed by atoms with E-state index < -0.39 is 27.9 Å². The molecule has 10 heteroatoms. The van der Waals surface area contributed by atoms with E-state index in [1.165, 1.54) is 28.6 Å². The van der Waals surface area contributed by atoms with Gasteiger partial charge in [-0.3, -0.25) is 9.59 Å². The van der Waals surface area contributed by atoms with Crippen molar-refractivity contribution in [3.63, 3.8) is 0 Å². The first kappa shape index (κ1) is 25.6. The molecule has 0 bridgehead atoms. The molecule has 0 radical (unpaired) electrons. The van der Waals surface area contributed by atoms with Gasteiger partial charge in [-0.2, -0.15) is 4.31 Å². The Morgan fingerprint density at radius 2 is 1.65 bits per heavy atom. The number of benzene rings is 1. The average Bonchev–Trinajstić information content (AvgIpc) is 3.10. The van der Waals surface area contributed by atoms with Crippen molar-refractivity contribution in [2.75, 3.05) is 26.3 Å². The highest BCUT2D eigenvalue weighted by atomic mass is 32.2. The second-order valence-corrected chi connectivity index (χ2v) is 10.2. The van der Waals surface area contributed by atoms with E-state index in [9.17, 15) is 22.8 Å². The third-order valence-electron chi connectivity index (χ3n) is 6.21. The van der Waals surface area contributed by atoms with Crippen molar-refractivity contribution in [1.82, 2.24) is 8.87 Å². The highest BCUT2D eigenvalue weighted by molar-refractivity contribution is 7.89. The molecule has 1 aromatic carbocycles. The van der Waals surface area contributed by atoms with Crippen LogP contribution in [-0.4, -0.2) is 61.3 Å². The minimum absolute atomic E-state index is 0.0701. The average molecular weight is 491 g/mol. The molecular formula is C24H30N2O7S. The number of hydrogen-bond donors (Lipinski definition) is 0. The summed E-state index contributed by atoms with van der Waals surface area (Å²) in [4.78, 5) is 36.8. The van der Waals surface area contributed by atoms with Crippen LogP contribution in [0, 0.1) is 19.8 Å². The molecule has 1 aromatic heterocycles. The summed E-state index contributed by atoms with van der Waals surface area (Å²) in [6, 6.07) is 7.36. The van der Waals surface area contributed by atoms with Crippen LogP contribution in [-0.2, 0) is 31.3 Å². The summed E-state index contributed by atoms with van der Waals surface area (Å²) in [5.41, 5.74) is 2.56. The molecule has 1 aliphatic rings. The van der Waals surface area contributed by atoms with E-state index in [1.807, 2.05) is 25.5 Å². The summed E-state index contributed by atoms with van der Waals surface area (Å²) in [5, 5.41) is 0. The fraction of sp³-hybridized carbons (Fsp3) is 0.458. The first-order valence-electron chi connectivity index (χ1n) is 11.2. The lowest BCUT2D eigenvalue weighted by Gasteiger charge is -2.30. The van der Waals surface area contributed by atoms with Crippen LogP contribution in [0.1, 0.15) is 51.9 Å². The Hall–Kier alpha value is -2.98. The van der Waals surface area contributed by atoms with Crippen molar-refractivity contribution >= 4 is 27.7 Å². The summed E-state index contributed by atoms with van der Waals surface area (Å²) in [7, 11) is -1.90. The second kappa shape index (κ2) is 10.5. The second-order valence-electron chi connectivity index (χ2n) is 8.30. The lowest BCUT2D eigenvalue weighted by atomic mass is 9.98. The quantitative estimate of drug-likeness (QED) is 0.413. The predicted octanol–water partition coefficient (Wildman–Crippen LogP) is 2.65. The molecule has 0 atom stereocenters. The van der Waals surface area contributed by atoms with Gasteiger partial charge in [0.1, 0.15) is 0 Å². The lowest BCUT2D eigenvalue weighted by molar-refractivity contribution is -0.148. The number of esters is 2. The molecule has 34 heavy (non-hydrogen) atoms. The highest BCUT2D eigenvalue weighted by Crippen LogP contribution is 2.25. The molecule has 0 spiro atoms. The molecule has 9 nitrogen and oxygen atoms in total. The molecule has 0 amide bonds.